The lowest BCUT2D eigenvalue weighted by Gasteiger charge is -2.22. The van der Waals surface area contributed by atoms with Crippen LogP contribution < -0.4 is 0 Å². The van der Waals surface area contributed by atoms with Crippen LogP contribution in [0.3, 0.4) is 0 Å². The van der Waals surface area contributed by atoms with Crippen LogP contribution in [0.2, 0.25) is 0 Å². The molecule has 148 valence electrons. The van der Waals surface area contributed by atoms with Crippen LogP contribution in [-0.2, 0) is 4.79 Å². The van der Waals surface area contributed by atoms with Gasteiger partial charge in [0.15, 0.2) is 0 Å². The molecule has 0 aliphatic carbocycles. The van der Waals surface area contributed by atoms with Gasteiger partial charge in [-0.15, -0.1) is 11.8 Å². The van der Waals surface area contributed by atoms with E-state index in [1.807, 2.05) is 6.92 Å². The number of carbonyl (C=O) groups is 1. The van der Waals surface area contributed by atoms with Crippen molar-refractivity contribution in [3.8, 4) is 11.8 Å². The number of carbonyl (C=O) groups excluding carboxylic acids is 1. The minimum atomic E-state index is -3.30. The summed E-state index contributed by atoms with van der Waals surface area (Å²) in [6.45, 7) is 6.09. The number of rotatable bonds is 11. The zero-order valence-electron chi connectivity index (χ0n) is 16.3. The number of amides is 1. The number of halogens is 2. The number of nitrogens with zero attached hydrogens (tertiary/aromatic N) is 1. The lowest BCUT2D eigenvalue weighted by Crippen LogP contribution is -2.36. The monoisotopic (exact) mass is 369 g/mol. The number of unbranched alkanes of at least 4 members (excludes halogenated alkanes) is 5. The van der Waals surface area contributed by atoms with Gasteiger partial charge in [-0.2, -0.15) is 8.78 Å². The summed E-state index contributed by atoms with van der Waals surface area (Å²) < 4.78 is 27.7. The van der Waals surface area contributed by atoms with Crippen molar-refractivity contribution in [1.29, 1.82) is 0 Å². The number of alkyl halides is 2. The van der Waals surface area contributed by atoms with E-state index in [1.165, 1.54) is 17.4 Å². The minimum absolute atomic E-state index is 0.0802. The summed E-state index contributed by atoms with van der Waals surface area (Å²) >= 11 is 0. The van der Waals surface area contributed by atoms with Crippen LogP contribution >= 0.6 is 0 Å². The van der Waals surface area contributed by atoms with Crippen LogP contribution in [0.5, 0.6) is 0 Å². The predicted molar refractivity (Wildman–Crippen MR) is 101 cm³/mol. The van der Waals surface area contributed by atoms with Gasteiger partial charge in [0.2, 0.25) is 0 Å². The molecule has 0 aromatic rings. The molecule has 0 saturated carbocycles. The number of aliphatic hydroxyl groups is 1. The summed E-state index contributed by atoms with van der Waals surface area (Å²) in [7, 11) is 0. The maximum Gasteiger partial charge on any atom is 0.327 e. The van der Waals surface area contributed by atoms with Gasteiger partial charge in [0.25, 0.3) is 5.91 Å². The molecule has 0 bridgehead atoms. The first-order valence-corrected chi connectivity index (χ1v) is 9.78. The fourth-order valence-electron chi connectivity index (χ4n) is 3.14. The molecule has 1 saturated heterocycles. The Labute approximate surface area is 156 Å². The Morgan fingerprint density at radius 2 is 1.96 bits per heavy atom. The summed E-state index contributed by atoms with van der Waals surface area (Å²) in [6.07, 6.45) is 8.64. The van der Waals surface area contributed by atoms with Gasteiger partial charge in [-0.05, 0) is 19.3 Å². The third kappa shape index (κ3) is 7.07. The van der Waals surface area contributed by atoms with Crippen molar-refractivity contribution in [3.05, 3.63) is 12.2 Å². The molecule has 0 aromatic carbocycles. The third-order valence-electron chi connectivity index (χ3n) is 4.91. The Morgan fingerprint density at radius 3 is 2.62 bits per heavy atom. The molecule has 0 unspecified atom stereocenters. The van der Waals surface area contributed by atoms with E-state index in [9.17, 15) is 18.7 Å². The number of likely N-dealkylation sites (tertiary alicyclic amines) is 1. The maximum atomic E-state index is 13.9. The van der Waals surface area contributed by atoms with Crippen molar-refractivity contribution in [3.63, 3.8) is 0 Å². The highest BCUT2D eigenvalue weighted by molar-refractivity contribution is 5.86. The normalized spacial score (nSPS) is 21.7. The second-order valence-corrected chi connectivity index (χ2v) is 7.23. The van der Waals surface area contributed by atoms with Crippen LogP contribution in [-0.4, -0.2) is 40.5 Å². The van der Waals surface area contributed by atoms with E-state index >= 15 is 0 Å². The zero-order valence-corrected chi connectivity index (χ0v) is 16.3. The van der Waals surface area contributed by atoms with Gasteiger partial charge in [0, 0.05) is 19.4 Å². The molecule has 1 amide bonds. The third-order valence-corrected chi connectivity index (χ3v) is 4.91. The summed E-state index contributed by atoms with van der Waals surface area (Å²) in [5.41, 5.74) is 0. The van der Waals surface area contributed by atoms with E-state index < -0.39 is 30.4 Å². The molecule has 3 nitrogen and oxygen atoms in total. The number of hydrogen-bond donors (Lipinski definition) is 1. The average Bonchev–Trinajstić information content (AvgIpc) is 2.83. The molecule has 3 atom stereocenters. The molecule has 1 aliphatic rings. The van der Waals surface area contributed by atoms with Gasteiger partial charge in [0.1, 0.15) is 0 Å². The lowest BCUT2D eigenvalue weighted by molar-refractivity contribution is -0.148. The van der Waals surface area contributed by atoms with E-state index in [1.54, 1.807) is 13.0 Å². The molecule has 1 fully saturated rings. The summed E-state index contributed by atoms with van der Waals surface area (Å²) in [4.78, 5) is 13.3. The van der Waals surface area contributed by atoms with Gasteiger partial charge in [-0.3, -0.25) is 4.79 Å². The Balaban J connectivity index is 2.60. The first kappa shape index (κ1) is 22.6. The summed E-state index contributed by atoms with van der Waals surface area (Å²) in [5, 5.41) is 10.1. The molecule has 1 aliphatic heterocycles. The molecule has 0 spiro atoms. The molecular weight excluding hydrogens is 336 g/mol. The van der Waals surface area contributed by atoms with E-state index in [2.05, 4.69) is 18.8 Å². The Hall–Kier alpha value is -1.41. The standard InChI is InChI=1S/C21H33F2NO2/c1-4-6-8-9-10-11-15-24-18(16-21(22,23)20(24)26)13-14-19(25)17(3)12-7-5-2/h13-14,17-19,25H,4,6,8-12,15-16H2,1-3H3/b14-13+/t17-,18-,19+/m0/s1. The summed E-state index contributed by atoms with van der Waals surface area (Å²) in [6, 6.07) is -0.646. The zero-order chi connectivity index (χ0) is 19.6. The van der Waals surface area contributed by atoms with Crippen molar-refractivity contribution >= 4 is 5.91 Å². The van der Waals surface area contributed by atoms with Crippen molar-refractivity contribution in [1.82, 2.24) is 4.90 Å². The quantitative estimate of drug-likeness (QED) is 0.330. The number of aliphatic hydroxyl groups excluding tert-OH is 1. The van der Waals surface area contributed by atoms with Crippen LogP contribution in [0.25, 0.3) is 0 Å². The van der Waals surface area contributed by atoms with Gasteiger partial charge in [0.05, 0.1) is 12.1 Å². The highest BCUT2D eigenvalue weighted by Crippen LogP contribution is 2.34. The van der Waals surface area contributed by atoms with E-state index in [4.69, 9.17) is 0 Å². The molecule has 1 rings (SSSR count). The molecule has 0 aromatic heterocycles. The van der Waals surface area contributed by atoms with Crippen molar-refractivity contribution < 1.29 is 18.7 Å². The van der Waals surface area contributed by atoms with Gasteiger partial charge >= 0.3 is 5.92 Å². The number of hydrogen-bond acceptors (Lipinski definition) is 2. The van der Waals surface area contributed by atoms with E-state index in [0.717, 1.165) is 32.1 Å². The Morgan fingerprint density at radius 1 is 1.31 bits per heavy atom. The molecule has 1 heterocycles. The Kier molecular flexibility index (Phi) is 9.87. The SMILES string of the molecule is CC#CC[C@H](C)[C@H](O)/C=C/[C@H]1CC(F)(F)C(=O)N1CCCCCCCC. The maximum absolute atomic E-state index is 13.9. The molecule has 1 N–H and O–H groups in total. The van der Waals surface area contributed by atoms with E-state index in [0.29, 0.717) is 13.0 Å². The van der Waals surface area contributed by atoms with E-state index in [-0.39, 0.29) is 5.92 Å². The Bertz CT molecular complexity index is 522. The molecule has 5 heteroatoms. The van der Waals surface area contributed by atoms with Crippen LogP contribution in [0, 0.1) is 17.8 Å². The van der Waals surface area contributed by atoms with Crippen LogP contribution in [0.4, 0.5) is 8.78 Å². The van der Waals surface area contributed by atoms with Crippen molar-refractivity contribution in [2.45, 2.75) is 90.2 Å². The van der Waals surface area contributed by atoms with Gasteiger partial charge < -0.3 is 10.0 Å². The molecule has 0 radical (unpaired) electrons. The fourth-order valence-corrected chi connectivity index (χ4v) is 3.14. The highest BCUT2D eigenvalue weighted by Gasteiger charge is 2.52. The van der Waals surface area contributed by atoms with Gasteiger partial charge in [-0.25, -0.2) is 0 Å². The first-order chi connectivity index (χ1) is 12.3. The second-order valence-electron chi connectivity index (χ2n) is 7.23. The van der Waals surface area contributed by atoms with Crippen molar-refractivity contribution in [2.24, 2.45) is 5.92 Å². The highest BCUT2D eigenvalue weighted by atomic mass is 19.3. The lowest BCUT2D eigenvalue weighted by atomic mass is 10.00. The van der Waals surface area contributed by atoms with Crippen LogP contribution in [0.1, 0.15) is 72.1 Å². The minimum Gasteiger partial charge on any atom is -0.389 e. The smallest absolute Gasteiger partial charge is 0.327 e. The predicted octanol–water partition coefficient (Wildman–Crippen LogP) is 4.55. The fraction of sp³-hybridized carbons (Fsp3) is 0.762. The van der Waals surface area contributed by atoms with Crippen molar-refractivity contribution in [2.75, 3.05) is 6.54 Å². The largest absolute Gasteiger partial charge is 0.389 e. The molecule has 26 heavy (non-hydrogen) atoms. The summed E-state index contributed by atoms with van der Waals surface area (Å²) in [5.74, 6) is 1.22. The first-order valence-electron chi connectivity index (χ1n) is 9.78. The van der Waals surface area contributed by atoms with Crippen LogP contribution in [0.15, 0.2) is 12.2 Å². The second kappa shape index (κ2) is 11.3. The average molecular weight is 369 g/mol. The molecular formula is C21H33F2NO2. The topological polar surface area (TPSA) is 40.5 Å². The van der Waals surface area contributed by atoms with Gasteiger partial charge in [-0.1, -0.05) is 58.1 Å².